The molecule has 0 unspecified atom stereocenters. The molecule has 136 valence electrons. The number of anilines is 3. The van der Waals surface area contributed by atoms with Crippen molar-refractivity contribution in [3.63, 3.8) is 0 Å². The van der Waals surface area contributed by atoms with Gasteiger partial charge >= 0.3 is 0 Å². The van der Waals surface area contributed by atoms with E-state index >= 15 is 0 Å². The van der Waals surface area contributed by atoms with E-state index in [1.165, 1.54) is 5.69 Å². The summed E-state index contributed by atoms with van der Waals surface area (Å²) in [6, 6.07) is 19.7. The van der Waals surface area contributed by atoms with Crippen molar-refractivity contribution in [2.45, 2.75) is 0 Å². The summed E-state index contributed by atoms with van der Waals surface area (Å²) in [5.74, 6) is 1.04. The van der Waals surface area contributed by atoms with Crippen molar-refractivity contribution in [3.05, 3.63) is 66.9 Å². The lowest BCUT2D eigenvalue weighted by molar-refractivity contribution is 0.475. The second kappa shape index (κ2) is 6.68. The van der Waals surface area contributed by atoms with E-state index in [-0.39, 0.29) is 5.75 Å². The predicted molar refractivity (Wildman–Crippen MR) is 112 cm³/mol. The normalized spacial score (nSPS) is 10.9. The highest BCUT2D eigenvalue weighted by Crippen LogP contribution is 2.32. The number of hydrogen-bond donors (Lipinski definition) is 2. The average Bonchev–Trinajstić information content (AvgIpc) is 3.02. The summed E-state index contributed by atoms with van der Waals surface area (Å²) in [5, 5.41) is 13.9. The van der Waals surface area contributed by atoms with Crippen LogP contribution >= 0.6 is 0 Å². The number of aromatic nitrogens is 2. The molecule has 0 bridgehead atoms. The third-order valence-corrected chi connectivity index (χ3v) is 4.78. The molecule has 0 spiro atoms. The second-order valence-corrected chi connectivity index (χ2v) is 6.79. The second-order valence-electron chi connectivity index (χ2n) is 6.79. The monoisotopic (exact) mass is 358 g/mol. The van der Waals surface area contributed by atoms with Crippen LogP contribution in [0.15, 0.2) is 66.9 Å². The van der Waals surface area contributed by atoms with Gasteiger partial charge in [0.05, 0.1) is 5.52 Å². The Bertz CT molecular complexity index is 1080. The summed E-state index contributed by atoms with van der Waals surface area (Å²) in [4.78, 5) is 6.61. The molecule has 0 fully saturated rings. The molecule has 0 atom stereocenters. The van der Waals surface area contributed by atoms with Gasteiger partial charge in [0, 0.05) is 49.8 Å². The van der Waals surface area contributed by atoms with Gasteiger partial charge in [-0.05, 0) is 54.1 Å². The molecule has 2 aromatic heterocycles. The van der Waals surface area contributed by atoms with Gasteiger partial charge in [-0.3, -0.25) is 0 Å². The summed E-state index contributed by atoms with van der Waals surface area (Å²) < 4.78 is 2.18. The molecule has 27 heavy (non-hydrogen) atoms. The molecule has 0 aliphatic carbocycles. The number of benzene rings is 2. The average molecular weight is 358 g/mol. The first-order valence-corrected chi connectivity index (χ1v) is 8.81. The minimum Gasteiger partial charge on any atom is -0.508 e. The van der Waals surface area contributed by atoms with Crippen molar-refractivity contribution in [1.82, 2.24) is 9.55 Å². The number of nitrogens with zero attached hydrogens (tertiary/aromatic N) is 3. The summed E-state index contributed by atoms with van der Waals surface area (Å²) in [7, 11) is 6.15. The van der Waals surface area contributed by atoms with Crippen LogP contribution in [0.5, 0.6) is 5.75 Å². The van der Waals surface area contributed by atoms with Gasteiger partial charge < -0.3 is 19.9 Å². The van der Waals surface area contributed by atoms with Gasteiger partial charge in [0.1, 0.15) is 11.6 Å². The molecule has 4 aromatic rings. The summed E-state index contributed by atoms with van der Waals surface area (Å²) in [6.07, 6.45) is 1.81. The fraction of sp³-hybridized carbons (Fsp3) is 0.136. The number of aryl methyl sites for hydroxylation is 1. The van der Waals surface area contributed by atoms with Gasteiger partial charge in [-0.1, -0.05) is 12.1 Å². The Morgan fingerprint density at radius 2 is 1.67 bits per heavy atom. The van der Waals surface area contributed by atoms with E-state index in [1.54, 1.807) is 12.1 Å². The Morgan fingerprint density at radius 1 is 0.963 bits per heavy atom. The van der Waals surface area contributed by atoms with Crippen molar-refractivity contribution in [2.75, 3.05) is 24.3 Å². The molecule has 0 saturated carbocycles. The van der Waals surface area contributed by atoms with Gasteiger partial charge in [0.2, 0.25) is 0 Å². The first kappa shape index (κ1) is 17.0. The van der Waals surface area contributed by atoms with E-state index in [1.807, 2.05) is 38.5 Å². The summed E-state index contributed by atoms with van der Waals surface area (Å²) in [5.41, 5.74) is 5.47. The van der Waals surface area contributed by atoms with Gasteiger partial charge in [-0.25, -0.2) is 4.98 Å². The quantitative estimate of drug-likeness (QED) is 0.517. The maximum Gasteiger partial charge on any atom is 0.139 e. The molecule has 0 amide bonds. The van der Waals surface area contributed by atoms with Gasteiger partial charge in [0.25, 0.3) is 0 Å². The molecule has 0 aliphatic heterocycles. The molecular formula is C22H22N4O. The van der Waals surface area contributed by atoms with Gasteiger partial charge in [-0.2, -0.15) is 0 Å². The lowest BCUT2D eigenvalue weighted by Crippen LogP contribution is -2.08. The third kappa shape index (κ3) is 3.19. The minimum atomic E-state index is 0.245. The molecule has 2 heterocycles. The van der Waals surface area contributed by atoms with E-state index in [2.05, 4.69) is 57.1 Å². The molecule has 0 saturated heterocycles. The fourth-order valence-corrected chi connectivity index (χ4v) is 3.25. The van der Waals surface area contributed by atoms with Crippen LogP contribution in [0.1, 0.15) is 0 Å². The standard InChI is InChI=1S/C22H22N4O/c1-25(2)17-8-4-15(5-9-17)21-14-19-20(26(21)3)12-13-23-22(19)24-16-6-10-18(27)11-7-16/h4-14,27H,1-3H3,(H,23,24). The Labute approximate surface area is 158 Å². The highest BCUT2D eigenvalue weighted by molar-refractivity contribution is 5.96. The van der Waals surface area contributed by atoms with E-state index < -0.39 is 0 Å². The van der Waals surface area contributed by atoms with Gasteiger partial charge in [-0.15, -0.1) is 0 Å². The third-order valence-electron chi connectivity index (χ3n) is 4.78. The SMILES string of the molecule is CN(C)c1ccc(-c2cc3c(Nc4ccc(O)cc4)nccc3n2C)cc1. The maximum absolute atomic E-state index is 9.46. The minimum absolute atomic E-state index is 0.245. The largest absolute Gasteiger partial charge is 0.508 e. The van der Waals surface area contributed by atoms with Crippen molar-refractivity contribution >= 4 is 28.1 Å². The van der Waals surface area contributed by atoms with Crippen LogP contribution < -0.4 is 10.2 Å². The molecular weight excluding hydrogens is 336 g/mol. The van der Waals surface area contributed by atoms with E-state index in [9.17, 15) is 5.11 Å². The van der Waals surface area contributed by atoms with Crippen molar-refractivity contribution in [3.8, 4) is 17.0 Å². The lowest BCUT2D eigenvalue weighted by Gasteiger charge is -2.13. The number of fused-ring (bicyclic) bond motifs is 1. The number of phenolic OH excluding ortho intramolecular Hbond substituents is 1. The molecule has 0 aliphatic rings. The Balaban J connectivity index is 1.75. The number of hydrogen-bond acceptors (Lipinski definition) is 4. The van der Waals surface area contributed by atoms with Crippen molar-refractivity contribution in [1.29, 1.82) is 0 Å². The Hall–Kier alpha value is -3.47. The summed E-state index contributed by atoms with van der Waals surface area (Å²) >= 11 is 0. The Morgan fingerprint density at radius 3 is 2.33 bits per heavy atom. The number of pyridine rings is 1. The van der Waals surface area contributed by atoms with Crippen molar-refractivity contribution in [2.24, 2.45) is 7.05 Å². The maximum atomic E-state index is 9.46. The number of phenols is 1. The molecule has 2 N–H and O–H groups in total. The topological polar surface area (TPSA) is 53.3 Å². The number of rotatable bonds is 4. The zero-order chi connectivity index (χ0) is 19.0. The van der Waals surface area contributed by atoms with Crippen LogP contribution in [0.4, 0.5) is 17.2 Å². The van der Waals surface area contributed by atoms with Crippen LogP contribution in [0.25, 0.3) is 22.2 Å². The lowest BCUT2D eigenvalue weighted by atomic mass is 10.1. The highest BCUT2D eigenvalue weighted by Gasteiger charge is 2.12. The first-order valence-electron chi connectivity index (χ1n) is 8.81. The number of nitrogens with one attached hydrogen (secondary N) is 1. The van der Waals surface area contributed by atoms with Crippen molar-refractivity contribution < 1.29 is 5.11 Å². The fourth-order valence-electron chi connectivity index (χ4n) is 3.25. The van der Waals surface area contributed by atoms with E-state index in [4.69, 9.17) is 0 Å². The van der Waals surface area contributed by atoms with Crippen LogP contribution in [0.2, 0.25) is 0 Å². The van der Waals surface area contributed by atoms with Crippen LogP contribution in [-0.4, -0.2) is 28.8 Å². The highest BCUT2D eigenvalue weighted by atomic mass is 16.3. The zero-order valence-corrected chi connectivity index (χ0v) is 15.6. The van der Waals surface area contributed by atoms with Crippen LogP contribution in [-0.2, 0) is 7.05 Å². The molecule has 4 rings (SSSR count). The Kier molecular flexibility index (Phi) is 4.20. The molecule has 2 aromatic carbocycles. The number of aromatic hydroxyl groups is 1. The zero-order valence-electron chi connectivity index (χ0n) is 15.6. The smallest absolute Gasteiger partial charge is 0.139 e. The van der Waals surface area contributed by atoms with Gasteiger partial charge in [0.15, 0.2) is 0 Å². The van der Waals surface area contributed by atoms with E-state index in [0.29, 0.717) is 0 Å². The first-order chi connectivity index (χ1) is 13.0. The molecule has 5 nitrogen and oxygen atoms in total. The van der Waals surface area contributed by atoms with Crippen LogP contribution in [0, 0.1) is 0 Å². The van der Waals surface area contributed by atoms with E-state index in [0.717, 1.165) is 33.7 Å². The molecule has 5 heteroatoms. The van der Waals surface area contributed by atoms with Crippen LogP contribution in [0.3, 0.4) is 0 Å². The predicted octanol–water partition coefficient (Wildman–Crippen LogP) is 4.76. The summed E-state index contributed by atoms with van der Waals surface area (Å²) in [6.45, 7) is 0. The molecule has 0 radical (unpaired) electrons.